The molecule has 108 valence electrons. The van der Waals surface area contributed by atoms with Gasteiger partial charge in [0.15, 0.2) is 0 Å². The summed E-state index contributed by atoms with van der Waals surface area (Å²) < 4.78 is 6.67. The minimum atomic E-state index is -0.154. The topological polar surface area (TPSA) is 35.2 Å². The van der Waals surface area contributed by atoms with Crippen LogP contribution in [-0.4, -0.2) is 7.11 Å². The van der Waals surface area contributed by atoms with E-state index in [1.807, 2.05) is 6.92 Å². The molecular weight excluding hydrogens is 334 g/mol. The van der Waals surface area contributed by atoms with E-state index in [9.17, 15) is 0 Å². The molecule has 0 aliphatic rings. The monoisotopic (exact) mass is 353 g/mol. The molecule has 1 aromatic heterocycles. The SMILES string of the molecule is COc1c(C)cc(Br)c(C)c1C(N)c1cc(C)c(C)s1. The van der Waals surface area contributed by atoms with Crippen LogP contribution in [0.3, 0.4) is 0 Å². The lowest BCUT2D eigenvalue weighted by molar-refractivity contribution is 0.404. The number of hydrogen-bond acceptors (Lipinski definition) is 3. The number of hydrogen-bond donors (Lipinski definition) is 1. The Morgan fingerprint density at radius 1 is 1.15 bits per heavy atom. The third-order valence-corrected chi connectivity index (χ3v) is 5.77. The summed E-state index contributed by atoms with van der Waals surface area (Å²) >= 11 is 5.37. The molecule has 2 N–H and O–H groups in total. The minimum Gasteiger partial charge on any atom is -0.496 e. The van der Waals surface area contributed by atoms with E-state index in [1.165, 1.54) is 15.3 Å². The van der Waals surface area contributed by atoms with Gasteiger partial charge in [-0.2, -0.15) is 0 Å². The quantitative estimate of drug-likeness (QED) is 0.859. The molecule has 0 fully saturated rings. The summed E-state index contributed by atoms with van der Waals surface area (Å²) in [7, 11) is 1.71. The van der Waals surface area contributed by atoms with Crippen molar-refractivity contribution in [3.05, 3.63) is 48.6 Å². The molecule has 1 heterocycles. The summed E-state index contributed by atoms with van der Waals surface area (Å²) in [6, 6.07) is 4.10. The molecular formula is C16H20BrNOS. The van der Waals surface area contributed by atoms with Crippen molar-refractivity contribution >= 4 is 27.3 Å². The zero-order valence-electron chi connectivity index (χ0n) is 12.5. The number of aryl methyl sites for hydroxylation is 3. The van der Waals surface area contributed by atoms with Crippen LogP contribution < -0.4 is 10.5 Å². The van der Waals surface area contributed by atoms with Crippen LogP contribution in [-0.2, 0) is 0 Å². The molecule has 2 aromatic rings. The van der Waals surface area contributed by atoms with E-state index in [2.05, 4.69) is 48.8 Å². The lowest BCUT2D eigenvalue weighted by atomic mass is 9.96. The van der Waals surface area contributed by atoms with E-state index in [0.29, 0.717) is 0 Å². The van der Waals surface area contributed by atoms with Crippen molar-refractivity contribution in [3.63, 3.8) is 0 Å². The van der Waals surface area contributed by atoms with E-state index in [-0.39, 0.29) is 6.04 Å². The standard InChI is InChI=1S/C16H20BrNOS/c1-8-7-13(20-11(8)4)15(18)14-10(3)12(17)6-9(2)16(14)19-5/h6-7,15H,18H2,1-5H3. The molecule has 2 rings (SSSR count). The maximum atomic E-state index is 6.52. The highest BCUT2D eigenvalue weighted by atomic mass is 79.9. The first-order chi connectivity index (χ1) is 9.36. The average molecular weight is 354 g/mol. The van der Waals surface area contributed by atoms with Crippen LogP contribution in [0.1, 0.15) is 38.0 Å². The predicted molar refractivity (Wildman–Crippen MR) is 90.0 cm³/mol. The van der Waals surface area contributed by atoms with Crippen molar-refractivity contribution in [1.82, 2.24) is 0 Å². The summed E-state index contributed by atoms with van der Waals surface area (Å²) in [5.74, 6) is 0.891. The Kier molecular flexibility index (Phi) is 4.57. The van der Waals surface area contributed by atoms with Gasteiger partial charge < -0.3 is 10.5 Å². The van der Waals surface area contributed by atoms with Gasteiger partial charge in [0.1, 0.15) is 5.75 Å². The van der Waals surface area contributed by atoms with Crippen molar-refractivity contribution in [2.24, 2.45) is 5.73 Å². The molecule has 0 radical (unpaired) electrons. The fourth-order valence-corrected chi connectivity index (χ4v) is 4.03. The lowest BCUT2D eigenvalue weighted by Crippen LogP contribution is -2.14. The molecule has 1 aromatic carbocycles. The zero-order chi connectivity index (χ0) is 15.0. The van der Waals surface area contributed by atoms with Crippen molar-refractivity contribution in [3.8, 4) is 5.75 Å². The van der Waals surface area contributed by atoms with Crippen molar-refractivity contribution in [2.75, 3.05) is 7.11 Å². The van der Waals surface area contributed by atoms with Gasteiger partial charge in [0.05, 0.1) is 13.2 Å². The second kappa shape index (κ2) is 5.88. The Bertz CT molecular complexity index is 629. The highest BCUT2D eigenvalue weighted by molar-refractivity contribution is 9.10. The fraction of sp³-hybridized carbons (Fsp3) is 0.375. The van der Waals surface area contributed by atoms with Gasteiger partial charge in [-0.1, -0.05) is 15.9 Å². The number of rotatable bonds is 3. The molecule has 0 saturated heterocycles. The first-order valence-corrected chi connectivity index (χ1v) is 8.13. The van der Waals surface area contributed by atoms with Crippen LogP contribution in [0, 0.1) is 27.7 Å². The van der Waals surface area contributed by atoms with Gasteiger partial charge in [-0.05, 0) is 56.5 Å². The van der Waals surface area contributed by atoms with Gasteiger partial charge >= 0.3 is 0 Å². The molecule has 0 amide bonds. The molecule has 20 heavy (non-hydrogen) atoms. The number of nitrogens with two attached hydrogens (primary N) is 1. The van der Waals surface area contributed by atoms with Crippen LogP contribution in [0.15, 0.2) is 16.6 Å². The van der Waals surface area contributed by atoms with Gasteiger partial charge in [-0.15, -0.1) is 11.3 Å². The molecule has 0 aliphatic heterocycles. The second-order valence-corrected chi connectivity index (χ2v) is 7.26. The molecule has 2 nitrogen and oxygen atoms in total. The van der Waals surface area contributed by atoms with Crippen LogP contribution in [0.2, 0.25) is 0 Å². The summed E-state index contributed by atoms with van der Waals surface area (Å²) in [6.07, 6.45) is 0. The van der Waals surface area contributed by atoms with Crippen molar-refractivity contribution < 1.29 is 4.74 Å². The zero-order valence-corrected chi connectivity index (χ0v) is 14.9. The summed E-state index contributed by atoms with van der Waals surface area (Å²) in [5.41, 5.74) is 11.1. The van der Waals surface area contributed by atoms with Crippen molar-refractivity contribution in [2.45, 2.75) is 33.7 Å². The summed E-state index contributed by atoms with van der Waals surface area (Å²) in [5, 5.41) is 0. The van der Waals surface area contributed by atoms with E-state index in [1.54, 1.807) is 18.4 Å². The van der Waals surface area contributed by atoms with E-state index >= 15 is 0 Å². The normalized spacial score (nSPS) is 12.6. The minimum absolute atomic E-state index is 0.154. The third kappa shape index (κ3) is 2.65. The fourth-order valence-electron chi connectivity index (χ4n) is 2.42. The smallest absolute Gasteiger partial charge is 0.127 e. The molecule has 0 saturated carbocycles. The summed E-state index contributed by atoms with van der Waals surface area (Å²) in [6.45, 7) is 8.38. The Labute approximate surface area is 133 Å². The number of thiophene rings is 1. The predicted octanol–water partition coefficient (Wildman–Crippen LogP) is 4.80. The second-order valence-electron chi connectivity index (χ2n) is 5.11. The first-order valence-electron chi connectivity index (χ1n) is 6.52. The van der Waals surface area contributed by atoms with Crippen LogP contribution in [0.4, 0.5) is 0 Å². The lowest BCUT2D eigenvalue weighted by Gasteiger charge is -2.20. The van der Waals surface area contributed by atoms with Gasteiger partial charge in [-0.25, -0.2) is 0 Å². The molecule has 1 unspecified atom stereocenters. The van der Waals surface area contributed by atoms with Gasteiger partial charge in [0.2, 0.25) is 0 Å². The van der Waals surface area contributed by atoms with Crippen LogP contribution >= 0.6 is 27.3 Å². The molecule has 0 bridgehead atoms. The van der Waals surface area contributed by atoms with E-state index < -0.39 is 0 Å². The van der Waals surface area contributed by atoms with E-state index in [0.717, 1.165) is 26.9 Å². The summed E-state index contributed by atoms with van der Waals surface area (Å²) in [4.78, 5) is 2.50. The Morgan fingerprint density at radius 2 is 1.80 bits per heavy atom. The number of methoxy groups -OCH3 is 1. The van der Waals surface area contributed by atoms with Crippen LogP contribution in [0.5, 0.6) is 5.75 Å². The Hall–Kier alpha value is -0.840. The first kappa shape index (κ1) is 15.5. The third-order valence-electron chi connectivity index (χ3n) is 3.71. The average Bonchev–Trinajstić information content (AvgIpc) is 2.73. The molecule has 4 heteroatoms. The Morgan fingerprint density at radius 3 is 2.30 bits per heavy atom. The largest absolute Gasteiger partial charge is 0.496 e. The van der Waals surface area contributed by atoms with Gasteiger partial charge in [0.25, 0.3) is 0 Å². The van der Waals surface area contributed by atoms with Gasteiger partial charge in [-0.3, -0.25) is 0 Å². The van der Waals surface area contributed by atoms with E-state index in [4.69, 9.17) is 10.5 Å². The highest BCUT2D eigenvalue weighted by Crippen LogP contribution is 2.39. The number of ether oxygens (including phenoxy) is 1. The Balaban J connectivity index is 2.61. The molecule has 0 aliphatic carbocycles. The maximum Gasteiger partial charge on any atom is 0.127 e. The highest BCUT2D eigenvalue weighted by Gasteiger charge is 2.22. The van der Waals surface area contributed by atoms with Crippen LogP contribution in [0.25, 0.3) is 0 Å². The maximum absolute atomic E-state index is 6.52. The number of halogens is 1. The molecule has 1 atom stereocenters. The van der Waals surface area contributed by atoms with Gasteiger partial charge in [0, 0.05) is 19.8 Å². The number of benzene rings is 1. The molecule has 0 spiro atoms. The van der Waals surface area contributed by atoms with Crippen molar-refractivity contribution in [1.29, 1.82) is 0 Å².